The fourth-order valence-electron chi connectivity index (χ4n) is 3.78. The standard InChI is InChI=1S/C21H19N3O2/c25-20(14-6-5-13-7-8-22-19(13)9-14)18-12-24-21-17(18)10-16(11-23-21)26-15-3-1-2-4-15/h5-12,15,22H,1-4H2,(H,23,24). The number of aromatic nitrogens is 3. The second kappa shape index (κ2) is 6.02. The zero-order valence-electron chi connectivity index (χ0n) is 14.3. The van der Waals surface area contributed by atoms with E-state index in [2.05, 4.69) is 15.0 Å². The van der Waals surface area contributed by atoms with Crippen LogP contribution in [-0.2, 0) is 0 Å². The van der Waals surface area contributed by atoms with Crippen LogP contribution in [0.25, 0.3) is 21.9 Å². The van der Waals surface area contributed by atoms with Gasteiger partial charge in [0.1, 0.15) is 11.4 Å². The molecule has 3 heterocycles. The van der Waals surface area contributed by atoms with E-state index in [4.69, 9.17) is 4.74 Å². The Balaban J connectivity index is 1.51. The molecule has 4 aromatic rings. The van der Waals surface area contributed by atoms with E-state index in [0.717, 1.165) is 34.9 Å². The highest BCUT2D eigenvalue weighted by molar-refractivity contribution is 6.16. The Hall–Kier alpha value is -3.08. The first-order valence-corrected chi connectivity index (χ1v) is 9.03. The molecule has 1 saturated carbocycles. The normalized spacial score (nSPS) is 15.1. The number of pyridine rings is 1. The largest absolute Gasteiger partial charge is 0.489 e. The van der Waals surface area contributed by atoms with Crippen molar-refractivity contribution in [2.24, 2.45) is 0 Å². The molecule has 0 aliphatic heterocycles. The van der Waals surface area contributed by atoms with Gasteiger partial charge < -0.3 is 14.7 Å². The molecule has 1 aliphatic carbocycles. The third kappa shape index (κ3) is 2.56. The smallest absolute Gasteiger partial charge is 0.195 e. The van der Waals surface area contributed by atoms with Gasteiger partial charge in [-0.3, -0.25) is 4.79 Å². The topological polar surface area (TPSA) is 70.8 Å². The number of H-pyrrole nitrogens is 2. The molecule has 130 valence electrons. The first kappa shape index (κ1) is 15.2. The number of ether oxygens (including phenoxy) is 1. The third-order valence-electron chi connectivity index (χ3n) is 5.17. The molecule has 3 aromatic heterocycles. The number of nitrogens with one attached hydrogen (secondary N) is 2. The van der Waals surface area contributed by atoms with Crippen LogP contribution in [0.4, 0.5) is 0 Å². The number of nitrogens with zero attached hydrogens (tertiary/aromatic N) is 1. The van der Waals surface area contributed by atoms with Crippen molar-refractivity contribution in [1.82, 2.24) is 15.0 Å². The lowest BCUT2D eigenvalue weighted by atomic mass is 10.0. The number of aromatic amines is 2. The molecule has 0 spiro atoms. The van der Waals surface area contributed by atoms with E-state index in [1.807, 2.05) is 36.5 Å². The Morgan fingerprint density at radius 3 is 2.88 bits per heavy atom. The number of carbonyl (C=O) groups excluding carboxylic acids is 1. The lowest BCUT2D eigenvalue weighted by Gasteiger charge is -2.12. The number of fused-ring (bicyclic) bond motifs is 2. The molecule has 0 unspecified atom stereocenters. The maximum absolute atomic E-state index is 13.0. The highest BCUT2D eigenvalue weighted by atomic mass is 16.5. The molecule has 1 aliphatic rings. The molecular weight excluding hydrogens is 326 g/mol. The minimum atomic E-state index is -0.0208. The first-order chi connectivity index (χ1) is 12.8. The van der Waals surface area contributed by atoms with Crippen LogP contribution in [0.5, 0.6) is 5.75 Å². The third-order valence-corrected chi connectivity index (χ3v) is 5.17. The van der Waals surface area contributed by atoms with Gasteiger partial charge in [-0.05, 0) is 49.3 Å². The van der Waals surface area contributed by atoms with Gasteiger partial charge in [-0.2, -0.15) is 0 Å². The molecule has 0 amide bonds. The highest BCUT2D eigenvalue weighted by Gasteiger charge is 2.19. The monoisotopic (exact) mass is 345 g/mol. The van der Waals surface area contributed by atoms with Crippen LogP contribution in [0.15, 0.2) is 48.9 Å². The molecule has 5 rings (SSSR count). The average Bonchev–Trinajstić information content (AvgIpc) is 3.40. The second-order valence-electron chi connectivity index (χ2n) is 6.90. The Morgan fingerprint density at radius 2 is 2.00 bits per heavy atom. The summed E-state index contributed by atoms with van der Waals surface area (Å²) in [5, 5.41) is 1.89. The lowest BCUT2D eigenvalue weighted by molar-refractivity contribution is 0.104. The quantitative estimate of drug-likeness (QED) is 0.531. The van der Waals surface area contributed by atoms with Gasteiger partial charge in [0.15, 0.2) is 5.78 Å². The van der Waals surface area contributed by atoms with E-state index in [9.17, 15) is 4.79 Å². The van der Waals surface area contributed by atoms with E-state index in [-0.39, 0.29) is 11.9 Å². The zero-order valence-corrected chi connectivity index (χ0v) is 14.3. The van der Waals surface area contributed by atoms with Crippen LogP contribution in [0.2, 0.25) is 0 Å². The van der Waals surface area contributed by atoms with Gasteiger partial charge in [0.25, 0.3) is 0 Å². The molecule has 26 heavy (non-hydrogen) atoms. The van der Waals surface area contributed by atoms with Crippen molar-refractivity contribution in [3.05, 3.63) is 60.0 Å². The van der Waals surface area contributed by atoms with Crippen molar-refractivity contribution < 1.29 is 9.53 Å². The van der Waals surface area contributed by atoms with Crippen molar-refractivity contribution in [3.8, 4) is 5.75 Å². The number of hydrogen-bond acceptors (Lipinski definition) is 3. The van der Waals surface area contributed by atoms with Crippen LogP contribution >= 0.6 is 0 Å². The Morgan fingerprint density at radius 1 is 1.12 bits per heavy atom. The summed E-state index contributed by atoms with van der Waals surface area (Å²) in [7, 11) is 0. The van der Waals surface area contributed by atoms with E-state index < -0.39 is 0 Å². The number of carbonyl (C=O) groups is 1. The molecular formula is C21H19N3O2. The number of benzene rings is 1. The maximum atomic E-state index is 13.0. The molecule has 1 aromatic carbocycles. The molecule has 1 fully saturated rings. The van der Waals surface area contributed by atoms with Crippen molar-refractivity contribution in [2.45, 2.75) is 31.8 Å². The number of hydrogen-bond donors (Lipinski definition) is 2. The molecule has 0 saturated heterocycles. The Kier molecular flexibility index (Phi) is 3.52. The maximum Gasteiger partial charge on any atom is 0.195 e. The summed E-state index contributed by atoms with van der Waals surface area (Å²) in [5.74, 6) is 0.713. The Bertz CT molecular complexity index is 1100. The van der Waals surface area contributed by atoms with Crippen LogP contribution < -0.4 is 4.74 Å². The van der Waals surface area contributed by atoms with E-state index >= 15 is 0 Å². The first-order valence-electron chi connectivity index (χ1n) is 9.03. The van der Waals surface area contributed by atoms with Gasteiger partial charge in [0.05, 0.1) is 12.3 Å². The van der Waals surface area contributed by atoms with Gasteiger partial charge in [-0.1, -0.05) is 12.1 Å². The fourth-order valence-corrected chi connectivity index (χ4v) is 3.78. The summed E-state index contributed by atoms with van der Waals surface area (Å²) in [6.45, 7) is 0. The minimum absolute atomic E-state index is 0.0208. The molecule has 0 atom stereocenters. The summed E-state index contributed by atoms with van der Waals surface area (Å²) in [6.07, 6.45) is 10.2. The van der Waals surface area contributed by atoms with E-state index in [0.29, 0.717) is 16.8 Å². The number of ketones is 1. The van der Waals surface area contributed by atoms with Gasteiger partial charge in [-0.15, -0.1) is 0 Å². The van der Waals surface area contributed by atoms with Crippen molar-refractivity contribution in [2.75, 3.05) is 0 Å². The molecule has 0 bridgehead atoms. The second-order valence-corrected chi connectivity index (χ2v) is 6.90. The van der Waals surface area contributed by atoms with Gasteiger partial charge >= 0.3 is 0 Å². The van der Waals surface area contributed by atoms with Crippen molar-refractivity contribution >= 4 is 27.7 Å². The van der Waals surface area contributed by atoms with Crippen LogP contribution in [0, 0.1) is 0 Å². The summed E-state index contributed by atoms with van der Waals surface area (Å²) >= 11 is 0. The van der Waals surface area contributed by atoms with Crippen molar-refractivity contribution in [1.29, 1.82) is 0 Å². The predicted molar refractivity (Wildman–Crippen MR) is 101 cm³/mol. The van der Waals surface area contributed by atoms with Crippen LogP contribution in [-0.4, -0.2) is 26.8 Å². The SMILES string of the molecule is O=C(c1ccc2cc[nH]c2c1)c1c[nH]c2ncc(OC3CCCC3)cc12. The molecule has 5 heteroatoms. The average molecular weight is 345 g/mol. The fraction of sp³-hybridized carbons (Fsp3) is 0.238. The summed E-state index contributed by atoms with van der Waals surface area (Å²) < 4.78 is 6.05. The van der Waals surface area contributed by atoms with E-state index in [1.165, 1.54) is 12.8 Å². The summed E-state index contributed by atoms with van der Waals surface area (Å²) in [4.78, 5) is 23.7. The van der Waals surface area contributed by atoms with Gasteiger partial charge in [0.2, 0.25) is 0 Å². The van der Waals surface area contributed by atoms with E-state index in [1.54, 1.807) is 12.4 Å². The zero-order chi connectivity index (χ0) is 17.5. The summed E-state index contributed by atoms with van der Waals surface area (Å²) in [6, 6.07) is 9.64. The summed E-state index contributed by atoms with van der Waals surface area (Å²) in [5.41, 5.74) is 2.94. The predicted octanol–water partition coefficient (Wildman–Crippen LogP) is 4.60. The van der Waals surface area contributed by atoms with Crippen LogP contribution in [0.1, 0.15) is 41.6 Å². The van der Waals surface area contributed by atoms with Gasteiger partial charge in [0, 0.05) is 34.4 Å². The Labute approximate surface area is 150 Å². The molecule has 2 N–H and O–H groups in total. The minimum Gasteiger partial charge on any atom is -0.489 e. The number of rotatable bonds is 4. The van der Waals surface area contributed by atoms with Gasteiger partial charge in [-0.25, -0.2) is 4.98 Å². The lowest BCUT2D eigenvalue weighted by Crippen LogP contribution is -2.11. The molecule has 5 nitrogen and oxygen atoms in total. The van der Waals surface area contributed by atoms with Crippen molar-refractivity contribution in [3.63, 3.8) is 0 Å². The molecule has 0 radical (unpaired) electrons. The van der Waals surface area contributed by atoms with Crippen LogP contribution in [0.3, 0.4) is 0 Å². The highest BCUT2D eigenvalue weighted by Crippen LogP contribution is 2.28.